The summed E-state index contributed by atoms with van der Waals surface area (Å²) in [5.41, 5.74) is 0. The Hall–Kier alpha value is -0.650. The number of carbonyl (C=O) groups excluding carboxylic acids is 1. The SMILES string of the molecule is CCCCOCCOCCCC.COCCOC(C)=O. The molecule has 0 aromatic rings. The largest absolute Gasteiger partial charge is 0.463 e. The Morgan fingerprint density at radius 2 is 1.30 bits per heavy atom. The van der Waals surface area contributed by atoms with Crippen molar-refractivity contribution in [2.45, 2.75) is 46.5 Å². The third kappa shape index (κ3) is 26.0. The van der Waals surface area contributed by atoms with Crippen LogP contribution in [0.2, 0.25) is 0 Å². The maximum absolute atomic E-state index is 10.0. The van der Waals surface area contributed by atoms with E-state index < -0.39 is 0 Å². The molecule has 0 aliphatic carbocycles. The lowest BCUT2D eigenvalue weighted by molar-refractivity contribution is -0.142. The van der Waals surface area contributed by atoms with Gasteiger partial charge >= 0.3 is 5.97 Å². The molecule has 0 heterocycles. The van der Waals surface area contributed by atoms with Gasteiger partial charge in [-0.3, -0.25) is 4.79 Å². The number of methoxy groups -OCH3 is 1. The average molecular weight is 292 g/mol. The Morgan fingerprint density at radius 1 is 0.800 bits per heavy atom. The summed E-state index contributed by atoms with van der Waals surface area (Å²) in [5, 5.41) is 0. The molecule has 0 radical (unpaired) electrons. The predicted molar refractivity (Wildman–Crippen MR) is 80.0 cm³/mol. The molecule has 0 aromatic heterocycles. The Balaban J connectivity index is 0. The molecule has 0 amide bonds. The summed E-state index contributed by atoms with van der Waals surface area (Å²) < 4.78 is 19.8. The smallest absolute Gasteiger partial charge is 0.302 e. The van der Waals surface area contributed by atoms with Gasteiger partial charge in [0.25, 0.3) is 0 Å². The van der Waals surface area contributed by atoms with E-state index in [9.17, 15) is 4.79 Å². The number of hydrogen-bond donors (Lipinski definition) is 0. The van der Waals surface area contributed by atoms with E-state index in [1.807, 2.05) is 0 Å². The topological polar surface area (TPSA) is 54.0 Å². The lowest BCUT2D eigenvalue weighted by Gasteiger charge is -2.03. The van der Waals surface area contributed by atoms with Gasteiger partial charge in [0.15, 0.2) is 0 Å². The molecule has 0 atom stereocenters. The molecule has 0 aliphatic rings. The van der Waals surface area contributed by atoms with Crippen LogP contribution in [0.1, 0.15) is 46.5 Å². The molecule has 0 unspecified atom stereocenters. The summed E-state index contributed by atoms with van der Waals surface area (Å²) in [6.45, 7) is 9.80. The van der Waals surface area contributed by atoms with Crippen LogP contribution >= 0.6 is 0 Å². The van der Waals surface area contributed by atoms with Crippen LogP contribution in [0.4, 0.5) is 0 Å². The summed E-state index contributed by atoms with van der Waals surface area (Å²) in [5.74, 6) is -0.262. The molecule has 5 heteroatoms. The van der Waals surface area contributed by atoms with Crippen LogP contribution in [-0.4, -0.2) is 52.7 Å². The monoisotopic (exact) mass is 292 g/mol. The van der Waals surface area contributed by atoms with Gasteiger partial charge in [-0.05, 0) is 12.8 Å². The predicted octanol–water partition coefficient (Wildman–Crippen LogP) is 2.82. The van der Waals surface area contributed by atoms with Crippen LogP contribution in [0.25, 0.3) is 0 Å². The molecular formula is C15H32O5. The first-order valence-electron chi connectivity index (χ1n) is 7.46. The van der Waals surface area contributed by atoms with E-state index in [1.54, 1.807) is 7.11 Å². The van der Waals surface area contributed by atoms with Gasteiger partial charge in [-0.2, -0.15) is 0 Å². The molecule has 5 nitrogen and oxygen atoms in total. The van der Waals surface area contributed by atoms with E-state index in [2.05, 4.69) is 23.3 Å². The second kappa shape index (κ2) is 20.7. The van der Waals surface area contributed by atoms with E-state index in [0.29, 0.717) is 13.2 Å². The van der Waals surface area contributed by atoms with Crippen molar-refractivity contribution in [2.75, 3.05) is 46.8 Å². The van der Waals surface area contributed by atoms with Crippen molar-refractivity contribution in [2.24, 2.45) is 0 Å². The van der Waals surface area contributed by atoms with Crippen molar-refractivity contribution in [3.05, 3.63) is 0 Å². The minimum absolute atomic E-state index is 0.262. The number of rotatable bonds is 12. The molecule has 0 saturated carbocycles. The summed E-state index contributed by atoms with van der Waals surface area (Å²) in [7, 11) is 1.56. The van der Waals surface area contributed by atoms with E-state index >= 15 is 0 Å². The first kappa shape index (κ1) is 21.6. The van der Waals surface area contributed by atoms with Gasteiger partial charge in [0, 0.05) is 27.2 Å². The van der Waals surface area contributed by atoms with Gasteiger partial charge in [0.1, 0.15) is 6.61 Å². The summed E-state index contributed by atoms with van der Waals surface area (Å²) in [6.07, 6.45) is 4.73. The van der Waals surface area contributed by atoms with Crippen molar-refractivity contribution >= 4 is 5.97 Å². The first-order chi connectivity index (χ1) is 9.68. The van der Waals surface area contributed by atoms with E-state index in [0.717, 1.165) is 39.3 Å². The van der Waals surface area contributed by atoms with Crippen molar-refractivity contribution in [1.29, 1.82) is 0 Å². The summed E-state index contributed by atoms with van der Waals surface area (Å²) >= 11 is 0. The molecule has 0 spiro atoms. The van der Waals surface area contributed by atoms with Crippen LogP contribution in [-0.2, 0) is 23.7 Å². The van der Waals surface area contributed by atoms with Gasteiger partial charge in [-0.25, -0.2) is 0 Å². The van der Waals surface area contributed by atoms with Crippen LogP contribution in [0, 0.1) is 0 Å². The minimum atomic E-state index is -0.262. The Morgan fingerprint density at radius 3 is 1.65 bits per heavy atom. The highest BCUT2D eigenvalue weighted by Gasteiger charge is 1.89. The van der Waals surface area contributed by atoms with Crippen LogP contribution < -0.4 is 0 Å². The second-order valence-electron chi connectivity index (χ2n) is 4.26. The average Bonchev–Trinajstić information content (AvgIpc) is 2.43. The van der Waals surface area contributed by atoms with E-state index in [4.69, 9.17) is 9.47 Å². The first-order valence-corrected chi connectivity index (χ1v) is 7.46. The van der Waals surface area contributed by atoms with Gasteiger partial charge in [0.2, 0.25) is 0 Å². The molecule has 20 heavy (non-hydrogen) atoms. The van der Waals surface area contributed by atoms with Gasteiger partial charge in [0.05, 0.1) is 19.8 Å². The number of esters is 1. The van der Waals surface area contributed by atoms with Crippen molar-refractivity contribution in [1.82, 2.24) is 0 Å². The maximum Gasteiger partial charge on any atom is 0.302 e. The van der Waals surface area contributed by atoms with Crippen LogP contribution in [0.15, 0.2) is 0 Å². The van der Waals surface area contributed by atoms with Crippen molar-refractivity contribution < 1.29 is 23.7 Å². The lowest BCUT2D eigenvalue weighted by Crippen LogP contribution is -2.05. The zero-order valence-electron chi connectivity index (χ0n) is 13.6. The van der Waals surface area contributed by atoms with Crippen molar-refractivity contribution in [3.63, 3.8) is 0 Å². The minimum Gasteiger partial charge on any atom is -0.463 e. The highest BCUT2D eigenvalue weighted by atomic mass is 16.6. The van der Waals surface area contributed by atoms with Crippen molar-refractivity contribution in [3.8, 4) is 0 Å². The highest BCUT2D eigenvalue weighted by molar-refractivity contribution is 5.65. The molecule has 122 valence electrons. The molecular weight excluding hydrogens is 260 g/mol. The quantitative estimate of drug-likeness (QED) is 0.409. The van der Waals surface area contributed by atoms with Gasteiger partial charge in [-0.15, -0.1) is 0 Å². The Labute approximate surface area is 123 Å². The van der Waals surface area contributed by atoms with Gasteiger partial charge in [-0.1, -0.05) is 26.7 Å². The second-order valence-corrected chi connectivity index (χ2v) is 4.26. The molecule has 0 N–H and O–H groups in total. The molecule has 0 aliphatic heterocycles. The normalized spacial score (nSPS) is 9.80. The molecule has 0 fully saturated rings. The fourth-order valence-electron chi connectivity index (χ4n) is 1.08. The maximum atomic E-state index is 10.0. The fraction of sp³-hybridized carbons (Fsp3) is 0.933. The number of carbonyl (C=O) groups is 1. The Bertz CT molecular complexity index is 175. The zero-order chi connectivity index (χ0) is 15.5. The lowest BCUT2D eigenvalue weighted by atomic mass is 10.4. The zero-order valence-corrected chi connectivity index (χ0v) is 13.6. The molecule has 0 rings (SSSR count). The Kier molecular flexibility index (Phi) is 22.4. The molecule has 0 aromatic carbocycles. The van der Waals surface area contributed by atoms with Crippen LogP contribution in [0.5, 0.6) is 0 Å². The number of ether oxygens (including phenoxy) is 4. The summed E-state index contributed by atoms with van der Waals surface area (Å²) in [6, 6.07) is 0. The van der Waals surface area contributed by atoms with E-state index in [-0.39, 0.29) is 5.97 Å². The number of unbranched alkanes of at least 4 members (excludes halogenated alkanes) is 2. The molecule has 0 saturated heterocycles. The molecule has 0 bridgehead atoms. The number of hydrogen-bond acceptors (Lipinski definition) is 5. The fourth-order valence-corrected chi connectivity index (χ4v) is 1.08. The summed E-state index contributed by atoms with van der Waals surface area (Å²) in [4.78, 5) is 10.0. The van der Waals surface area contributed by atoms with Crippen LogP contribution in [0.3, 0.4) is 0 Å². The highest BCUT2D eigenvalue weighted by Crippen LogP contribution is 1.90. The van der Waals surface area contributed by atoms with E-state index in [1.165, 1.54) is 19.8 Å². The standard InChI is InChI=1S/C10H22O2.C5H10O3/c1-3-5-7-11-9-10-12-8-6-4-2;1-5(6)8-4-3-7-2/h3-10H2,1-2H3;3-4H2,1-2H3. The van der Waals surface area contributed by atoms with Gasteiger partial charge < -0.3 is 18.9 Å². The third-order valence-electron chi connectivity index (χ3n) is 2.25. The third-order valence-corrected chi connectivity index (χ3v) is 2.25.